The highest BCUT2D eigenvalue weighted by Crippen LogP contribution is 2.24. The monoisotopic (exact) mass is 260 g/mol. The van der Waals surface area contributed by atoms with E-state index in [-0.39, 0.29) is 23.3 Å². The lowest BCUT2D eigenvalue weighted by molar-refractivity contribution is -0.142. The number of thiocarbonyl (C=S) groups is 1. The summed E-state index contributed by atoms with van der Waals surface area (Å²) in [7, 11) is 2.94. The maximum absolute atomic E-state index is 12.1. The average Bonchev–Trinajstić information content (AvgIpc) is 2.32. The Labute approximate surface area is 107 Å². The maximum Gasteiger partial charge on any atom is 0.307 e. The molecular weight excluding hydrogens is 240 g/mol. The van der Waals surface area contributed by atoms with Gasteiger partial charge >= 0.3 is 5.97 Å². The Morgan fingerprint density at radius 1 is 1.47 bits per heavy atom. The lowest BCUT2D eigenvalue weighted by Gasteiger charge is -2.30. The molecule has 0 saturated carbocycles. The topological polar surface area (TPSA) is 72.6 Å². The van der Waals surface area contributed by atoms with Gasteiger partial charge in [-0.2, -0.15) is 0 Å². The molecule has 1 atom stereocenters. The van der Waals surface area contributed by atoms with Crippen molar-refractivity contribution in [2.75, 3.05) is 20.7 Å². The van der Waals surface area contributed by atoms with E-state index in [1.54, 1.807) is 14.0 Å². The summed E-state index contributed by atoms with van der Waals surface area (Å²) in [6, 6.07) is 0. The zero-order valence-corrected chi connectivity index (χ0v) is 11.6. The summed E-state index contributed by atoms with van der Waals surface area (Å²) in [4.78, 5) is 24.8. The van der Waals surface area contributed by atoms with Crippen LogP contribution in [0.3, 0.4) is 0 Å². The molecular formula is C11H20N2O3S. The van der Waals surface area contributed by atoms with E-state index in [0.717, 1.165) is 0 Å². The summed E-state index contributed by atoms with van der Waals surface area (Å²) in [5, 5.41) is 0. The van der Waals surface area contributed by atoms with Crippen LogP contribution in [0, 0.1) is 5.41 Å². The summed E-state index contributed by atoms with van der Waals surface area (Å²) in [5.74, 6) is -0.519. The first-order chi connectivity index (χ1) is 7.79. The van der Waals surface area contributed by atoms with Crippen LogP contribution in [-0.2, 0) is 14.3 Å². The molecule has 0 aromatic heterocycles. The van der Waals surface area contributed by atoms with Crippen LogP contribution in [0.2, 0.25) is 0 Å². The number of ether oxygens (including phenoxy) is 1. The number of carbonyl (C=O) groups is 2. The summed E-state index contributed by atoms with van der Waals surface area (Å²) < 4.78 is 4.51. The summed E-state index contributed by atoms with van der Waals surface area (Å²) in [6.45, 7) is 3.86. The Hall–Kier alpha value is -1.17. The number of rotatable bonds is 6. The minimum absolute atomic E-state index is 0.163. The molecule has 0 aliphatic carbocycles. The molecule has 0 aliphatic heterocycles. The molecule has 17 heavy (non-hydrogen) atoms. The quantitative estimate of drug-likeness (QED) is 0.562. The van der Waals surface area contributed by atoms with E-state index in [0.29, 0.717) is 13.0 Å². The van der Waals surface area contributed by atoms with Crippen LogP contribution in [0.15, 0.2) is 0 Å². The number of amides is 1. The summed E-state index contributed by atoms with van der Waals surface area (Å²) >= 11 is 4.92. The van der Waals surface area contributed by atoms with Crippen molar-refractivity contribution >= 4 is 29.1 Å². The van der Waals surface area contributed by atoms with Crippen molar-refractivity contribution in [2.45, 2.75) is 26.7 Å². The Morgan fingerprint density at radius 2 is 2.00 bits per heavy atom. The fraction of sp³-hybridized carbons (Fsp3) is 0.727. The number of nitrogens with two attached hydrogens (primary N) is 1. The molecule has 0 aromatic rings. The average molecular weight is 260 g/mol. The molecule has 0 radical (unpaired) electrons. The molecule has 2 N–H and O–H groups in total. The van der Waals surface area contributed by atoms with Gasteiger partial charge in [-0.25, -0.2) is 0 Å². The van der Waals surface area contributed by atoms with Crippen LogP contribution >= 0.6 is 12.2 Å². The van der Waals surface area contributed by atoms with Crippen LogP contribution in [0.5, 0.6) is 0 Å². The van der Waals surface area contributed by atoms with Crippen LogP contribution in [0.25, 0.3) is 0 Å². The summed E-state index contributed by atoms with van der Waals surface area (Å²) in [5.41, 5.74) is 4.75. The largest absolute Gasteiger partial charge is 0.469 e. The normalized spacial score (nSPS) is 13.6. The fourth-order valence-electron chi connectivity index (χ4n) is 1.31. The van der Waals surface area contributed by atoms with Crippen molar-refractivity contribution in [3.05, 3.63) is 0 Å². The molecule has 0 rings (SSSR count). The summed E-state index contributed by atoms with van der Waals surface area (Å²) in [6.07, 6.45) is 0.694. The van der Waals surface area contributed by atoms with Crippen molar-refractivity contribution in [3.63, 3.8) is 0 Å². The predicted molar refractivity (Wildman–Crippen MR) is 69.5 cm³/mol. The van der Waals surface area contributed by atoms with E-state index in [4.69, 9.17) is 18.0 Å². The highest BCUT2D eigenvalue weighted by Gasteiger charge is 2.36. The zero-order chi connectivity index (χ0) is 13.6. The van der Waals surface area contributed by atoms with Gasteiger partial charge in [-0.05, 0) is 13.3 Å². The van der Waals surface area contributed by atoms with Gasteiger partial charge in [0.15, 0.2) is 0 Å². The van der Waals surface area contributed by atoms with Gasteiger partial charge in [-0.3, -0.25) is 9.59 Å². The van der Waals surface area contributed by atoms with E-state index in [1.165, 1.54) is 12.0 Å². The smallest absolute Gasteiger partial charge is 0.307 e. The van der Waals surface area contributed by atoms with Gasteiger partial charge in [0.2, 0.25) is 5.91 Å². The first-order valence-electron chi connectivity index (χ1n) is 5.41. The third-order valence-electron chi connectivity index (χ3n) is 2.95. The van der Waals surface area contributed by atoms with Crippen LogP contribution < -0.4 is 5.73 Å². The Balaban J connectivity index is 4.58. The molecule has 0 aliphatic rings. The minimum atomic E-state index is -0.847. The molecule has 0 fully saturated rings. The third-order valence-corrected chi connectivity index (χ3v) is 3.40. The first kappa shape index (κ1) is 15.8. The number of hydrogen-bond donors (Lipinski definition) is 1. The van der Waals surface area contributed by atoms with Gasteiger partial charge in [0.25, 0.3) is 0 Å². The van der Waals surface area contributed by atoms with E-state index >= 15 is 0 Å². The van der Waals surface area contributed by atoms with Gasteiger partial charge in [0, 0.05) is 13.6 Å². The SMILES string of the molecule is CCC(C)(C(=O)N(C)CCC(=O)OC)C(N)=S. The van der Waals surface area contributed by atoms with Gasteiger partial charge in [0.05, 0.1) is 23.9 Å². The number of esters is 1. The Bertz CT molecular complexity index is 320. The van der Waals surface area contributed by atoms with Gasteiger partial charge in [-0.1, -0.05) is 19.1 Å². The minimum Gasteiger partial charge on any atom is -0.469 e. The molecule has 0 bridgehead atoms. The molecule has 1 amide bonds. The van der Waals surface area contributed by atoms with E-state index < -0.39 is 5.41 Å². The molecule has 0 spiro atoms. The maximum atomic E-state index is 12.1. The van der Waals surface area contributed by atoms with Gasteiger partial charge in [-0.15, -0.1) is 0 Å². The van der Waals surface area contributed by atoms with Crippen LogP contribution in [0.1, 0.15) is 26.7 Å². The second kappa shape index (κ2) is 6.54. The number of methoxy groups -OCH3 is 1. The predicted octanol–water partition coefficient (Wildman–Crippen LogP) is 0.710. The molecule has 0 saturated heterocycles. The second-order valence-electron chi connectivity index (χ2n) is 4.10. The Morgan fingerprint density at radius 3 is 2.35 bits per heavy atom. The standard InChI is InChI=1S/C11H20N2O3S/c1-5-11(2,9(12)17)10(15)13(3)7-6-8(14)16-4/h5-7H2,1-4H3,(H2,12,17). The molecule has 5 nitrogen and oxygen atoms in total. The van der Waals surface area contributed by atoms with Crippen molar-refractivity contribution in [3.8, 4) is 0 Å². The fourth-order valence-corrected chi connectivity index (χ4v) is 1.55. The zero-order valence-electron chi connectivity index (χ0n) is 10.8. The van der Waals surface area contributed by atoms with Crippen molar-refractivity contribution in [2.24, 2.45) is 11.1 Å². The van der Waals surface area contributed by atoms with Crippen LogP contribution in [0.4, 0.5) is 0 Å². The number of carbonyl (C=O) groups excluding carboxylic acids is 2. The molecule has 0 aromatic carbocycles. The van der Waals surface area contributed by atoms with Crippen molar-refractivity contribution in [1.82, 2.24) is 4.90 Å². The lowest BCUT2D eigenvalue weighted by Crippen LogP contribution is -2.47. The van der Waals surface area contributed by atoms with Gasteiger partial charge in [0.1, 0.15) is 0 Å². The van der Waals surface area contributed by atoms with Gasteiger partial charge < -0.3 is 15.4 Å². The van der Waals surface area contributed by atoms with E-state index in [9.17, 15) is 9.59 Å². The first-order valence-corrected chi connectivity index (χ1v) is 5.82. The molecule has 0 heterocycles. The third kappa shape index (κ3) is 3.96. The Kier molecular flexibility index (Phi) is 6.09. The lowest BCUT2D eigenvalue weighted by atomic mass is 9.86. The van der Waals surface area contributed by atoms with Crippen molar-refractivity contribution < 1.29 is 14.3 Å². The van der Waals surface area contributed by atoms with Crippen LogP contribution in [-0.4, -0.2) is 42.5 Å². The molecule has 98 valence electrons. The molecule has 6 heteroatoms. The number of nitrogens with zero attached hydrogens (tertiary/aromatic N) is 1. The van der Waals surface area contributed by atoms with E-state index in [1.807, 2.05) is 6.92 Å². The van der Waals surface area contributed by atoms with Crippen molar-refractivity contribution in [1.29, 1.82) is 0 Å². The highest BCUT2D eigenvalue weighted by molar-refractivity contribution is 7.80. The van der Waals surface area contributed by atoms with E-state index in [2.05, 4.69) is 4.74 Å². The number of hydrogen-bond acceptors (Lipinski definition) is 4. The molecule has 1 unspecified atom stereocenters. The second-order valence-corrected chi connectivity index (χ2v) is 4.54. The highest BCUT2D eigenvalue weighted by atomic mass is 32.1.